The van der Waals surface area contributed by atoms with Crippen molar-refractivity contribution in [3.8, 4) is 0 Å². The monoisotopic (exact) mass is 596 g/mol. The molecule has 3 N–H and O–H groups in total. The molecule has 2 heterocycles. The van der Waals surface area contributed by atoms with Crippen LogP contribution in [-0.4, -0.2) is 67.8 Å². The number of halogens is 2. The molecule has 43 heavy (non-hydrogen) atoms. The standard InChI is InChI=1S/C17H23N.C15H15F2N3O5/c1-2-7-16-14(4-1)8-9-17(16)10-12-18(13-11-17)15-5-3-6-15;1-24-6-10-11(13(21)25-2)12(20(14(18)22)15(23)19-10)7-3-4-8(16)9(17)5-7/h1-2,4,7,15H,3,5-6,8-13H2;3-5,12H,6H2,1-2H3,(H2,18,22)(H,19,23). The number of nitrogens with two attached hydrogens (primary N) is 1. The summed E-state index contributed by atoms with van der Waals surface area (Å²) in [5.41, 5.74) is 8.90. The fourth-order valence-electron chi connectivity index (χ4n) is 6.85. The number of carbonyl (C=O) groups excluding carboxylic acids is 3. The largest absolute Gasteiger partial charge is 0.466 e. The highest BCUT2D eigenvalue weighted by molar-refractivity contribution is 6.01. The molecule has 2 fully saturated rings. The zero-order valence-electron chi connectivity index (χ0n) is 24.5. The number of methoxy groups -OCH3 is 2. The number of nitrogens with zero attached hydrogens (tertiary/aromatic N) is 2. The van der Waals surface area contributed by atoms with Crippen molar-refractivity contribution in [1.82, 2.24) is 15.1 Å². The van der Waals surface area contributed by atoms with E-state index >= 15 is 0 Å². The van der Waals surface area contributed by atoms with Gasteiger partial charge in [0.2, 0.25) is 0 Å². The minimum absolute atomic E-state index is 0.0200. The van der Waals surface area contributed by atoms with E-state index in [9.17, 15) is 23.2 Å². The smallest absolute Gasteiger partial charge is 0.338 e. The summed E-state index contributed by atoms with van der Waals surface area (Å²) in [6, 6.07) is 9.31. The molecule has 2 aromatic rings. The maximum atomic E-state index is 13.6. The number of rotatable bonds is 5. The third-order valence-corrected chi connectivity index (χ3v) is 9.33. The molecule has 1 unspecified atom stereocenters. The molecule has 6 rings (SSSR count). The molecule has 4 amide bonds. The lowest BCUT2D eigenvalue weighted by Crippen LogP contribution is -2.54. The van der Waals surface area contributed by atoms with Crippen LogP contribution in [-0.2, 0) is 26.1 Å². The highest BCUT2D eigenvalue weighted by atomic mass is 19.2. The molecule has 0 radical (unpaired) electrons. The Hall–Kier alpha value is -3.83. The molecule has 0 bridgehead atoms. The van der Waals surface area contributed by atoms with Gasteiger partial charge >= 0.3 is 18.0 Å². The molecule has 9 nitrogen and oxygen atoms in total. The van der Waals surface area contributed by atoms with Crippen LogP contribution in [0.4, 0.5) is 18.4 Å². The van der Waals surface area contributed by atoms with Crippen LogP contribution in [0.1, 0.15) is 61.3 Å². The van der Waals surface area contributed by atoms with Gasteiger partial charge in [0.1, 0.15) is 6.04 Å². The third kappa shape index (κ3) is 6.01. The van der Waals surface area contributed by atoms with E-state index in [1.807, 2.05) is 0 Å². The summed E-state index contributed by atoms with van der Waals surface area (Å²) in [6.07, 6.45) is 9.92. The van der Waals surface area contributed by atoms with Crippen molar-refractivity contribution in [2.75, 3.05) is 33.9 Å². The van der Waals surface area contributed by atoms with Crippen LogP contribution >= 0.6 is 0 Å². The van der Waals surface area contributed by atoms with Gasteiger partial charge in [-0.3, -0.25) is 0 Å². The van der Waals surface area contributed by atoms with E-state index in [0.29, 0.717) is 10.3 Å². The zero-order valence-corrected chi connectivity index (χ0v) is 24.5. The number of fused-ring (bicyclic) bond motifs is 2. The zero-order chi connectivity index (χ0) is 30.7. The van der Waals surface area contributed by atoms with Crippen LogP contribution in [0, 0.1) is 11.6 Å². The Morgan fingerprint density at radius 3 is 2.37 bits per heavy atom. The summed E-state index contributed by atoms with van der Waals surface area (Å²) in [5.74, 6) is -3.24. The first-order chi connectivity index (χ1) is 20.7. The first-order valence-corrected chi connectivity index (χ1v) is 14.7. The van der Waals surface area contributed by atoms with Crippen LogP contribution in [0.3, 0.4) is 0 Å². The average molecular weight is 597 g/mol. The fourth-order valence-corrected chi connectivity index (χ4v) is 6.85. The van der Waals surface area contributed by atoms with Gasteiger partial charge in [0.15, 0.2) is 11.6 Å². The number of amides is 4. The van der Waals surface area contributed by atoms with Crippen LogP contribution in [0.5, 0.6) is 0 Å². The number of benzene rings is 2. The molecule has 4 aliphatic rings. The predicted molar refractivity (Wildman–Crippen MR) is 155 cm³/mol. The number of likely N-dealkylation sites (tertiary alicyclic amines) is 1. The van der Waals surface area contributed by atoms with E-state index in [1.54, 1.807) is 11.1 Å². The second kappa shape index (κ2) is 12.8. The second-order valence-corrected chi connectivity index (χ2v) is 11.6. The summed E-state index contributed by atoms with van der Waals surface area (Å²) in [4.78, 5) is 39.5. The number of esters is 1. The number of piperidine rings is 1. The number of aryl methyl sites for hydroxylation is 1. The number of imide groups is 1. The molecule has 1 atom stereocenters. The van der Waals surface area contributed by atoms with Gasteiger partial charge in [-0.15, -0.1) is 0 Å². The summed E-state index contributed by atoms with van der Waals surface area (Å²) in [6.45, 7) is 2.50. The maximum Gasteiger partial charge on any atom is 0.338 e. The molecular weight excluding hydrogens is 558 g/mol. The number of urea groups is 2. The predicted octanol–water partition coefficient (Wildman–Crippen LogP) is 4.70. The maximum absolute atomic E-state index is 13.6. The molecule has 2 aliphatic carbocycles. The summed E-state index contributed by atoms with van der Waals surface area (Å²) >= 11 is 0. The second-order valence-electron chi connectivity index (χ2n) is 11.6. The van der Waals surface area contributed by atoms with Crippen LogP contribution in [0.25, 0.3) is 0 Å². The summed E-state index contributed by atoms with van der Waals surface area (Å²) in [5, 5.41) is 2.31. The van der Waals surface area contributed by atoms with Crippen molar-refractivity contribution in [3.05, 3.63) is 82.1 Å². The minimum atomic E-state index is -1.40. The third-order valence-electron chi connectivity index (χ3n) is 9.33. The molecule has 0 aromatic heterocycles. The van der Waals surface area contributed by atoms with Crippen molar-refractivity contribution in [2.45, 2.75) is 62.4 Å². The molecule has 1 spiro atoms. The number of hydrogen-bond acceptors (Lipinski definition) is 6. The Morgan fingerprint density at radius 2 is 1.77 bits per heavy atom. The Bertz CT molecular complexity index is 1420. The van der Waals surface area contributed by atoms with E-state index in [1.165, 1.54) is 65.1 Å². The molecule has 1 saturated carbocycles. The Kier molecular flexibility index (Phi) is 9.12. The van der Waals surface area contributed by atoms with Crippen molar-refractivity contribution in [1.29, 1.82) is 0 Å². The number of carbonyl (C=O) groups is 3. The lowest BCUT2D eigenvalue weighted by atomic mass is 9.73. The van der Waals surface area contributed by atoms with Crippen molar-refractivity contribution < 1.29 is 32.6 Å². The van der Waals surface area contributed by atoms with Gasteiger partial charge in [0.25, 0.3) is 0 Å². The first kappa shape index (κ1) is 30.6. The number of primary amides is 1. The van der Waals surface area contributed by atoms with Crippen molar-refractivity contribution in [2.24, 2.45) is 5.73 Å². The van der Waals surface area contributed by atoms with Crippen molar-refractivity contribution >= 4 is 18.0 Å². The van der Waals surface area contributed by atoms with Crippen LogP contribution < -0.4 is 11.1 Å². The van der Waals surface area contributed by atoms with E-state index in [2.05, 4.69) is 39.2 Å². The van der Waals surface area contributed by atoms with Gasteiger partial charge in [-0.1, -0.05) is 36.8 Å². The van der Waals surface area contributed by atoms with E-state index < -0.39 is 35.7 Å². The van der Waals surface area contributed by atoms with Gasteiger partial charge in [0.05, 0.1) is 25.0 Å². The fraction of sp³-hybridized carbons (Fsp3) is 0.469. The molecule has 2 aromatic carbocycles. The topological polar surface area (TPSA) is 114 Å². The summed E-state index contributed by atoms with van der Waals surface area (Å²) in [7, 11) is 2.41. The number of nitrogens with one attached hydrogen (secondary N) is 1. The van der Waals surface area contributed by atoms with E-state index in [4.69, 9.17) is 10.5 Å². The molecular formula is C32H38F2N4O5. The van der Waals surface area contributed by atoms with Gasteiger partial charge in [0, 0.05) is 13.2 Å². The SMILES string of the molecule is COCC1=C(C(=O)OC)C(c2ccc(F)c(F)c2)N(C(N)=O)C(=O)N1.c1ccc2c(c1)CCC21CCN(C2CCC2)CC1. The first-order valence-electron chi connectivity index (χ1n) is 14.7. The van der Waals surface area contributed by atoms with Gasteiger partial charge < -0.3 is 25.4 Å². The van der Waals surface area contributed by atoms with Gasteiger partial charge in [-0.25, -0.2) is 28.1 Å². The minimum Gasteiger partial charge on any atom is -0.466 e. The Labute approximate surface area is 250 Å². The van der Waals surface area contributed by atoms with Gasteiger partial charge in [-0.05, 0) is 85.9 Å². The normalized spacial score (nSPS) is 21.4. The van der Waals surface area contributed by atoms with E-state index in [-0.39, 0.29) is 23.4 Å². The molecule has 2 aliphatic heterocycles. The summed E-state index contributed by atoms with van der Waals surface area (Å²) < 4.78 is 36.5. The highest BCUT2D eigenvalue weighted by Gasteiger charge is 2.43. The Morgan fingerprint density at radius 1 is 1.05 bits per heavy atom. The van der Waals surface area contributed by atoms with Gasteiger partial charge in [-0.2, -0.15) is 0 Å². The van der Waals surface area contributed by atoms with Crippen molar-refractivity contribution in [3.63, 3.8) is 0 Å². The lowest BCUT2D eigenvalue weighted by molar-refractivity contribution is -0.137. The highest BCUT2D eigenvalue weighted by Crippen LogP contribution is 2.47. The number of hydrogen-bond donors (Lipinski definition) is 2. The lowest BCUT2D eigenvalue weighted by Gasteiger charge is -2.46. The number of ether oxygens (including phenoxy) is 2. The van der Waals surface area contributed by atoms with Crippen LogP contribution in [0.2, 0.25) is 0 Å². The quantitative estimate of drug-likeness (QED) is 0.484. The Balaban J connectivity index is 0.000000179. The molecule has 11 heteroatoms. The average Bonchev–Trinajstić information content (AvgIpc) is 3.32. The van der Waals surface area contributed by atoms with E-state index in [0.717, 1.165) is 31.4 Å². The van der Waals surface area contributed by atoms with Crippen LogP contribution in [0.15, 0.2) is 53.7 Å². The molecule has 1 saturated heterocycles. The molecule has 230 valence electrons.